The number of para-hydroxylation sites is 1. The molecule has 0 aliphatic heterocycles. The summed E-state index contributed by atoms with van der Waals surface area (Å²) in [5.74, 6) is -0.555. The van der Waals surface area contributed by atoms with Crippen LogP contribution in [0.25, 0.3) is 10.9 Å². The first-order valence-electron chi connectivity index (χ1n) is 7.37. The Labute approximate surface area is 140 Å². The quantitative estimate of drug-likeness (QED) is 0.787. The number of carbonyl (C=O) groups is 1. The van der Waals surface area contributed by atoms with Gasteiger partial charge in [-0.2, -0.15) is 0 Å². The first-order chi connectivity index (χ1) is 11.3. The number of hydrogen-bond acceptors (Lipinski definition) is 5. The predicted octanol–water partition coefficient (Wildman–Crippen LogP) is 1.82. The normalized spacial score (nSPS) is 14.2. The van der Waals surface area contributed by atoms with Gasteiger partial charge in [0.05, 0.1) is 29.2 Å². The highest BCUT2D eigenvalue weighted by Gasteiger charge is 2.26. The largest absolute Gasteiger partial charge is 0.465 e. The summed E-state index contributed by atoms with van der Waals surface area (Å²) in [6.07, 6.45) is -0.323. The number of rotatable bonds is 7. The van der Waals surface area contributed by atoms with E-state index in [2.05, 4.69) is 10.3 Å². The van der Waals surface area contributed by atoms with Crippen molar-refractivity contribution in [2.24, 2.45) is 0 Å². The van der Waals surface area contributed by atoms with Crippen molar-refractivity contribution in [1.82, 2.24) is 10.3 Å². The van der Waals surface area contributed by atoms with E-state index in [9.17, 15) is 13.2 Å². The first kappa shape index (κ1) is 18.2. The maximum absolute atomic E-state index is 12.4. The second-order valence-electron chi connectivity index (χ2n) is 5.59. The van der Waals surface area contributed by atoms with Crippen LogP contribution in [0.4, 0.5) is 4.79 Å². The lowest BCUT2D eigenvalue weighted by molar-refractivity contribution is 0.0877. The maximum atomic E-state index is 12.4. The summed E-state index contributed by atoms with van der Waals surface area (Å²) in [7, 11) is -2.15. The summed E-state index contributed by atoms with van der Waals surface area (Å²) in [6.45, 7) is 1.62. The predicted molar refractivity (Wildman–Crippen MR) is 90.7 cm³/mol. The SMILES string of the molecule is CO[C@H](C)[C@@H](CS(=O)(=O)Cc1cnc2ccccc2c1)NC(=O)O. The molecule has 0 bridgehead atoms. The van der Waals surface area contributed by atoms with Crippen LogP contribution in [-0.2, 0) is 20.3 Å². The molecule has 2 N–H and O–H groups in total. The van der Waals surface area contributed by atoms with Gasteiger partial charge in [0.25, 0.3) is 0 Å². The summed E-state index contributed by atoms with van der Waals surface area (Å²) in [4.78, 5) is 15.1. The van der Waals surface area contributed by atoms with Gasteiger partial charge in [-0.3, -0.25) is 4.98 Å². The highest BCUT2D eigenvalue weighted by atomic mass is 32.2. The van der Waals surface area contributed by atoms with Gasteiger partial charge in [0, 0.05) is 18.7 Å². The third kappa shape index (κ3) is 4.90. The van der Waals surface area contributed by atoms with Crippen LogP contribution < -0.4 is 5.32 Å². The lowest BCUT2D eigenvalue weighted by Crippen LogP contribution is -2.46. The molecule has 1 amide bonds. The number of amides is 1. The molecule has 130 valence electrons. The molecule has 0 saturated carbocycles. The minimum Gasteiger partial charge on any atom is -0.465 e. The van der Waals surface area contributed by atoms with E-state index in [0.717, 1.165) is 10.9 Å². The van der Waals surface area contributed by atoms with E-state index in [1.165, 1.54) is 13.3 Å². The Morgan fingerprint density at radius 1 is 1.38 bits per heavy atom. The summed E-state index contributed by atoms with van der Waals surface area (Å²) in [5.41, 5.74) is 1.35. The Bertz CT molecular complexity index is 822. The molecule has 0 fully saturated rings. The molecule has 0 aliphatic carbocycles. The summed E-state index contributed by atoms with van der Waals surface area (Å²) < 4.78 is 29.9. The van der Waals surface area contributed by atoms with Crippen molar-refractivity contribution in [1.29, 1.82) is 0 Å². The monoisotopic (exact) mass is 352 g/mol. The number of nitrogens with one attached hydrogen (secondary N) is 1. The number of aromatic nitrogens is 1. The zero-order valence-electron chi connectivity index (χ0n) is 13.5. The van der Waals surface area contributed by atoms with Crippen molar-refractivity contribution in [3.8, 4) is 0 Å². The second-order valence-corrected chi connectivity index (χ2v) is 7.70. The van der Waals surface area contributed by atoms with E-state index < -0.39 is 28.1 Å². The minimum absolute atomic E-state index is 0.209. The van der Waals surface area contributed by atoms with Crippen LogP contribution in [0.3, 0.4) is 0 Å². The molecule has 2 aromatic rings. The topological polar surface area (TPSA) is 106 Å². The van der Waals surface area contributed by atoms with Crippen LogP contribution in [0, 0.1) is 0 Å². The second kappa shape index (κ2) is 7.59. The molecule has 1 heterocycles. The average Bonchev–Trinajstić information content (AvgIpc) is 2.52. The van der Waals surface area contributed by atoms with Gasteiger partial charge in [0.15, 0.2) is 9.84 Å². The minimum atomic E-state index is -3.55. The van der Waals surface area contributed by atoms with Gasteiger partial charge in [-0.1, -0.05) is 18.2 Å². The Balaban J connectivity index is 2.17. The Hall–Kier alpha value is -2.19. The number of ether oxygens (including phenoxy) is 1. The fraction of sp³-hybridized carbons (Fsp3) is 0.375. The number of hydrogen-bond donors (Lipinski definition) is 2. The first-order valence-corrected chi connectivity index (χ1v) is 9.19. The van der Waals surface area contributed by atoms with Gasteiger partial charge in [-0.25, -0.2) is 13.2 Å². The molecular formula is C16H20N2O5S. The standard InChI is InChI=1S/C16H20N2O5S/c1-11(23-2)15(18-16(19)20)10-24(21,22)9-12-7-13-5-3-4-6-14(13)17-8-12/h3-8,11,15,18H,9-10H2,1-2H3,(H,19,20)/t11-,15-/m1/s1. The highest BCUT2D eigenvalue weighted by Crippen LogP contribution is 2.16. The van der Waals surface area contributed by atoms with Gasteiger partial charge < -0.3 is 15.2 Å². The number of methoxy groups -OCH3 is 1. The average molecular weight is 352 g/mol. The van der Waals surface area contributed by atoms with E-state index in [1.54, 1.807) is 13.0 Å². The lowest BCUT2D eigenvalue weighted by Gasteiger charge is -2.22. The van der Waals surface area contributed by atoms with Gasteiger partial charge in [-0.05, 0) is 24.6 Å². The molecule has 0 unspecified atom stereocenters. The van der Waals surface area contributed by atoms with Crippen LogP contribution in [-0.4, -0.2) is 49.6 Å². The van der Waals surface area contributed by atoms with Gasteiger partial charge in [0.2, 0.25) is 0 Å². The molecule has 0 spiro atoms. The van der Waals surface area contributed by atoms with Crippen LogP contribution >= 0.6 is 0 Å². The Morgan fingerprint density at radius 3 is 2.75 bits per heavy atom. The molecule has 8 heteroatoms. The smallest absolute Gasteiger partial charge is 0.405 e. The van der Waals surface area contributed by atoms with E-state index in [0.29, 0.717) is 5.56 Å². The van der Waals surface area contributed by atoms with Crippen molar-refractivity contribution in [3.05, 3.63) is 42.1 Å². The maximum Gasteiger partial charge on any atom is 0.405 e. The highest BCUT2D eigenvalue weighted by molar-refractivity contribution is 7.90. The number of fused-ring (bicyclic) bond motifs is 1. The molecule has 2 atom stereocenters. The third-order valence-electron chi connectivity index (χ3n) is 3.71. The molecule has 0 aliphatic rings. The van der Waals surface area contributed by atoms with E-state index in [1.807, 2.05) is 24.3 Å². The zero-order valence-corrected chi connectivity index (χ0v) is 14.3. The Kier molecular flexibility index (Phi) is 5.74. The zero-order chi connectivity index (χ0) is 17.7. The molecule has 0 radical (unpaired) electrons. The molecule has 24 heavy (non-hydrogen) atoms. The van der Waals surface area contributed by atoms with Crippen LogP contribution in [0.1, 0.15) is 12.5 Å². The number of carboxylic acid groups (broad SMARTS) is 1. The van der Waals surface area contributed by atoms with Crippen molar-refractivity contribution < 1.29 is 23.1 Å². The van der Waals surface area contributed by atoms with Gasteiger partial charge >= 0.3 is 6.09 Å². The summed E-state index contributed by atoms with van der Waals surface area (Å²) in [6, 6.07) is 8.36. The fourth-order valence-electron chi connectivity index (χ4n) is 2.40. The summed E-state index contributed by atoms with van der Waals surface area (Å²) in [5, 5.41) is 11.9. The van der Waals surface area contributed by atoms with Crippen molar-refractivity contribution in [2.75, 3.05) is 12.9 Å². The van der Waals surface area contributed by atoms with Crippen molar-refractivity contribution in [3.63, 3.8) is 0 Å². The molecule has 2 rings (SSSR count). The van der Waals surface area contributed by atoms with Crippen molar-refractivity contribution >= 4 is 26.8 Å². The molecular weight excluding hydrogens is 332 g/mol. The molecule has 1 aromatic heterocycles. The van der Waals surface area contributed by atoms with Gasteiger partial charge in [-0.15, -0.1) is 0 Å². The number of sulfone groups is 1. The van der Waals surface area contributed by atoms with Crippen LogP contribution in [0.2, 0.25) is 0 Å². The molecule has 1 aromatic carbocycles. The number of pyridine rings is 1. The van der Waals surface area contributed by atoms with Crippen molar-refractivity contribution in [2.45, 2.75) is 24.8 Å². The Morgan fingerprint density at radius 2 is 2.08 bits per heavy atom. The molecule has 7 nitrogen and oxygen atoms in total. The lowest BCUT2D eigenvalue weighted by atomic mass is 10.2. The van der Waals surface area contributed by atoms with Gasteiger partial charge in [0.1, 0.15) is 0 Å². The number of nitrogens with zero attached hydrogens (tertiary/aromatic N) is 1. The van der Waals surface area contributed by atoms with E-state index >= 15 is 0 Å². The molecule has 0 saturated heterocycles. The van der Waals surface area contributed by atoms with Crippen LogP contribution in [0.15, 0.2) is 36.5 Å². The number of benzene rings is 1. The van der Waals surface area contributed by atoms with Crippen LogP contribution in [0.5, 0.6) is 0 Å². The van der Waals surface area contributed by atoms with E-state index in [4.69, 9.17) is 9.84 Å². The summed E-state index contributed by atoms with van der Waals surface area (Å²) >= 11 is 0. The third-order valence-corrected chi connectivity index (χ3v) is 5.35. The fourth-order valence-corrected chi connectivity index (χ4v) is 4.08. The van der Waals surface area contributed by atoms with E-state index in [-0.39, 0.29) is 11.5 Å².